The Bertz CT molecular complexity index is 123. The van der Waals surface area contributed by atoms with Gasteiger partial charge in [-0.2, -0.15) is 5.26 Å². The topological polar surface area (TPSA) is 107 Å². The van der Waals surface area contributed by atoms with Gasteiger partial charge in [0.2, 0.25) is 0 Å². The van der Waals surface area contributed by atoms with Crippen LogP contribution in [0.5, 0.6) is 0 Å². The average molecular weight is 210 g/mol. The Morgan fingerprint density at radius 2 is 1.71 bits per heavy atom. The standard InChI is InChI=1S/C6H14O3.C2H4O3/c7-3-1-2-6(4-8)5-9;1-2(3)5-4/h6-9H,1-5H2;4H,1H3. The smallest absolute Gasteiger partial charge is 0.339 e. The highest BCUT2D eigenvalue weighted by molar-refractivity contribution is 5.64. The summed E-state index contributed by atoms with van der Waals surface area (Å²) in [4.78, 5) is 12.5. The number of aliphatic hydroxyl groups excluding tert-OH is 3. The van der Waals surface area contributed by atoms with Gasteiger partial charge in [0, 0.05) is 32.7 Å². The maximum atomic E-state index is 9.34. The minimum absolute atomic E-state index is 0.0104. The number of hydrogen-bond donors (Lipinski definition) is 4. The molecule has 0 aliphatic rings. The third-order valence-electron chi connectivity index (χ3n) is 1.42. The fourth-order valence-electron chi connectivity index (χ4n) is 0.620. The summed E-state index contributed by atoms with van der Waals surface area (Å²) >= 11 is 0. The third-order valence-corrected chi connectivity index (χ3v) is 1.42. The van der Waals surface area contributed by atoms with E-state index in [0.29, 0.717) is 12.8 Å². The van der Waals surface area contributed by atoms with Crippen molar-refractivity contribution in [2.45, 2.75) is 19.8 Å². The molecule has 0 rings (SSSR count). The second-order valence-electron chi connectivity index (χ2n) is 2.68. The monoisotopic (exact) mass is 210 g/mol. The summed E-state index contributed by atoms with van der Waals surface area (Å²) in [7, 11) is 0. The number of rotatable bonds is 5. The van der Waals surface area contributed by atoms with Gasteiger partial charge < -0.3 is 20.2 Å². The zero-order valence-corrected chi connectivity index (χ0v) is 8.22. The second-order valence-corrected chi connectivity index (χ2v) is 2.68. The van der Waals surface area contributed by atoms with E-state index >= 15 is 0 Å². The number of aliphatic hydroxyl groups is 3. The molecule has 0 radical (unpaired) electrons. The summed E-state index contributed by atoms with van der Waals surface area (Å²) in [5.74, 6) is -0.734. The van der Waals surface area contributed by atoms with E-state index in [9.17, 15) is 4.79 Å². The number of carbonyl (C=O) groups is 1. The molecule has 0 amide bonds. The molecule has 4 N–H and O–H groups in total. The van der Waals surface area contributed by atoms with Crippen LogP contribution in [0.4, 0.5) is 0 Å². The molecule has 0 saturated carbocycles. The largest absolute Gasteiger partial charge is 0.396 e. The summed E-state index contributed by atoms with van der Waals surface area (Å²) in [6.07, 6.45) is 1.36. The second kappa shape index (κ2) is 12.3. The van der Waals surface area contributed by atoms with Crippen LogP contribution in [-0.4, -0.2) is 46.4 Å². The fourth-order valence-corrected chi connectivity index (χ4v) is 0.620. The van der Waals surface area contributed by atoms with Crippen LogP contribution in [0.2, 0.25) is 0 Å². The molecule has 0 unspecified atom stereocenters. The molecule has 0 aromatic rings. The quantitative estimate of drug-likeness (QED) is 0.356. The summed E-state index contributed by atoms with van der Waals surface area (Å²) in [5.41, 5.74) is 0. The van der Waals surface area contributed by atoms with Crippen molar-refractivity contribution in [1.82, 2.24) is 0 Å². The molecule has 0 spiro atoms. The first-order chi connectivity index (χ1) is 6.62. The van der Waals surface area contributed by atoms with Gasteiger partial charge in [0.05, 0.1) is 0 Å². The van der Waals surface area contributed by atoms with Gasteiger partial charge in [0.1, 0.15) is 0 Å². The van der Waals surface area contributed by atoms with Crippen molar-refractivity contribution in [2.75, 3.05) is 19.8 Å². The fraction of sp³-hybridized carbons (Fsp3) is 0.875. The van der Waals surface area contributed by atoms with Crippen LogP contribution < -0.4 is 0 Å². The molecular weight excluding hydrogens is 192 g/mol. The van der Waals surface area contributed by atoms with Gasteiger partial charge in [-0.05, 0) is 12.8 Å². The summed E-state index contributed by atoms with van der Waals surface area (Å²) in [6.45, 7) is 1.27. The summed E-state index contributed by atoms with van der Waals surface area (Å²) in [5, 5.41) is 32.7. The first kappa shape index (κ1) is 15.8. The van der Waals surface area contributed by atoms with Crippen LogP contribution in [-0.2, 0) is 9.68 Å². The number of carbonyl (C=O) groups excluding carboxylic acids is 1. The van der Waals surface area contributed by atoms with Gasteiger partial charge in [-0.25, -0.2) is 4.79 Å². The zero-order valence-electron chi connectivity index (χ0n) is 8.22. The van der Waals surface area contributed by atoms with Crippen LogP contribution in [0.3, 0.4) is 0 Å². The van der Waals surface area contributed by atoms with Gasteiger partial charge in [0.15, 0.2) is 0 Å². The zero-order chi connectivity index (χ0) is 11.4. The maximum Gasteiger partial charge on any atom is 0.339 e. The molecule has 0 aliphatic heterocycles. The molecule has 6 nitrogen and oxygen atoms in total. The molecule has 0 fully saturated rings. The average Bonchev–Trinajstić information content (AvgIpc) is 2.20. The first-order valence-electron chi connectivity index (χ1n) is 4.26. The predicted octanol–water partition coefficient (Wildman–Crippen LogP) is -0.618. The molecule has 86 valence electrons. The Hall–Kier alpha value is -0.690. The van der Waals surface area contributed by atoms with Crippen molar-refractivity contribution in [3.8, 4) is 0 Å². The minimum Gasteiger partial charge on any atom is -0.396 e. The Labute approximate surface area is 82.7 Å². The normalized spacial score (nSPS) is 9.29. The van der Waals surface area contributed by atoms with Crippen molar-refractivity contribution in [1.29, 1.82) is 0 Å². The Balaban J connectivity index is 0. The molecule has 0 atom stereocenters. The predicted molar refractivity (Wildman–Crippen MR) is 48.4 cm³/mol. The molecule has 0 bridgehead atoms. The van der Waals surface area contributed by atoms with Crippen LogP contribution >= 0.6 is 0 Å². The van der Waals surface area contributed by atoms with E-state index in [4.69, 9.17) is 20.6 Å². The lowest BCUT2D eigenvalue weighted by Gasteiger charge is -2.07. The van der Waals surface area contributed by atoms with E-state index in [1.807, 2.05) is 0 Å². The van der Waals surface area contributed by atoms with E-state index in [1.54, 1.807) is 0 Å². The lowest BCUT2D eigenvalue weighted by Crippen LogP contribution is -2.11. The molecule has 0 heterocycles. The summed E-state index contributed by atoms with van der Waals surface area (Å²) < 4.78 is 0. The first-order valence-corrected chi connectivity index (χ1v) is 4.26. The highest BCUT2D eigenvalue weighted by Gasteiger charge is 2.03. The van der Waals surface area contributed by atoms with Crippen molar-refractivity contribution < 1.29 is 30.3 Å². The van der Waals surface area contributed by atoms with Crippen molar-refractivity contribution in [3.05, 3.63) is 0 Å². The van der Waals surface area contributed by atoms with Crippen molar-refractivity contribution in [2.24, 2.45) is 5.92 Å². The maximum absolute atomic E-state index is 9.34. The Kier molecular flexibility index (Phi) is 13.9. The lowest BCUT2D eigenvalue weighted by atomic mass is 10.1. The Morgan fingerprint density at radius 3 is 1.93 bits per heavy atom. The molecule has 0 aromatic carbocycles. The van der Waals surface area contributed by atoms with Crippen LogP contribution in [0, 0.1) is 5.92 Å². The molecule has 0 aromatic heterocycles. The van der Waals surface area contributed by atoms with Crippen molar-refractivity contribution in [3.63, 3.8) is 0 Å². The highest BCUT2D eigenvalue weighted by Crippen LogP contribution is 2.02. The molecule has 14 heavy (non-hydrogen) atoms. The van der Waals surface area contributed by atoms with E-state index in [0.717, 1.165) is 6.92 Å². The molecular formula is C8H18O6. The van der Waals surface area contributed by atoms with Crippen molar-refractivity contribution >= 4 is 5.97 Å². The Morgan fingerprint density at radius 1 is 1.29 bits per heavy atom. The third kappa shape index (κ3) is 13.9. The van der Waals surface area contributed by atoms with E-state index in [2.05, 4.69) is 4.89 Å². The van der Waals surface area contributed by atoms with E-state index < -0.39 is 5.97 Å². The molecule has 0 saturated heterocycles. The summed E-state index contributed by atoms with van der Waals surface area (Å²) in [6, 6.07) is 0. The van der Waals surface area contributed by atoms with Gasteiger partial charge >= 0.3 is 5.97 Å². The molecule has 6 heteroatoms. The van der Waals surface area contributed by atoms with Crippen LogP contribution in [0.15, 0.2) is 0 Å². The van der Waals surface area contributed by atoms with Gasteiger partial charge in [-0.3, -0.25) is 0 Å². The highest BCUT2D eigenvalue weighted by atomic mass is 17.1. The van der Waals surface area contributed by atoms with Gasteiger partial charge in [0.25, 0.3) is 0 Å². The van der Waals surface area contributed by atoms with Crippen LogP contribution in [0.1, 0.15) is 19.8 Å². The van der Waals surface area contributed by atoms with E-state index in [-0.39, 0.29) is 25.7 Å². The van der Waals surface area contributed by atoms with Gasteiger partial charge in [-0.15, -0.1) is 0 Å². The number of hydrogen-bond acceptors (Lipinski definition) is 6. The SMILES string of the molecule is CC(=O)OO.OCCCC(CO)CO. The van der Waals surface area contributed by atoms with E-state index in [1.165, 1.54) is 0 Å². The lowest BCUT2D eigenvalue weighted by molar-refractivity contribution is -0.231. The molecule has 0 aliphatic carbocycles. The minimum atomic E-state index is -0.690. The van der Waals surface area contributed by atoms with Crippen LogP contribution in [0.25, 0.3) is 0 Å². The van der Waals surface area contributed by atoms with Gasteiger partial charge in [-0.1, -0.05) is 0 Å².